The predicted octanol–water partition coefficient (Wildman–Crippen LogP) is 3.49. The number of amides is 1. The lowest BCUT2D eigenvalue weighted by Gasteiger charge is -2.18. The van der Waals surface area contributed by atoms with Gasteiger partial charge in [-0.05, 0) is 38.3 Å². The summed E-state index contributed by atoms with van der Waals surface area (Å²) >= 11 is 0. The Morgan fingerprint density at radius 2 is 1.96 bits per heavy atom. The van der Waals surface area contributed by atoms with Crippen molar-refractivity contribution < 1.29 is 9.53 Å². The Morgan fingerprint density at radius 1 is 1.25 bits per heavy atom. The van der Waals surface area contributed by atoms with Gasteiger partial charge < -0.3 is 10.1 Å². The molecule has 1 amide bonds. The highest BCUT2D eigenvalue weighted by molar-refractivity contribution is 5.93. The SMILES string of the molecule is CCCOCc1ccccc1CNC(=O)c1cnn(C(C)(C)C)c1. The molecular formula is C19H27N3O2. The van der Waals surface area contributed by atoms with Gasteiger partial charge in [0.1, 0.15) is 0 Å². The van der Waals surface area contributed by atoms with Crippen LogP contribution in [0.25, 0.3) is 0 Å². The summed E-state index contributed by atoms with van der Waals surface area (Å²) in [7, 11) is 0. The normalized spacial score (nSPS) is 11.5. The minimum absolute atomic E-state index is 0.116. The Bertz CT molecular complexity index is 671. The summed E-state index contributed by atoms with van der Waals surface area (Å²) in [6.07, 6.45) is 4.39. The van der Waals surface area contributed by atoms with Gasteiger partial charge in [-0.15, -0.1) is 0 Å². The van der Waals surface area contributed by atoms with E-state index in [0.29, 0.717) is 18.7 Å². The molecule has 1 heterocycles. The molecule has 0 saturated carbocycles. The first-order chi connectivity index (χ1) is 11.4. The van der Waals surface area contributed by atoms with Crippen LogP contribution < -0.4 is 5.32 Å². The number of ether oxygens (including phenoxy) is 1. The second kappa shape index (κ2) is 8.11. The van der Waals surface area contributed by atoms with Gasteiger partial charge in [-0.25, -0.2) is 0 Å². The molecule has 0 saturated heterocycles. The van der Waals surface area contributed by atoms with Crippen LogP contribution in [0.5, 0.6) is 0 Å². The first kappa shape index (κ1) is 18.2. The molecule has 0 aliphatic heterocycles. The molecule has 0 bridgehead atoms. The van der Waals surface area contributed by atoms with Crippen LogP contribution in [0, 0.1) is 0 Å². The predicted molar refractivity (Wildman–Crippen MR) is 94.8 cm³/mol. The lowest BCUT2D eigenvalue weighted by molar-refractivity contribution is 0.0949. The molecule has 0 atom stereocenters. The fraction of sp³-hybridized carbons (Fsp3) is 0.474. The van der Waals surface area contributed by atoms with Crippen molar-refractivity contribution in [3.63, 3.8) is 0 Å². The van der Waals surface area contributed by atoms with Crippen molar-refractivity contribution in [2.45, 2.75) is 52.8 Å². The van der Waals surface area contributed by atoms with Gasteiger partial charge in [0.2, 0.25) is 0 Å². The molecule has 1 aromatic heterocycles. The van der Waals surface area contributed by atoms with Crippen LogP contribution in [-0.4, -0.2) is 22.3 Å². The monoisotopic (exact) mass is 329 g/mol. The zero-order valence-corrected chi connectivity index (χ0v) is 15.0. The smallest absolute Gasteiger partial charge is 0.254 e. The minimum Gasteiger partial charge on any atom is -0.377 e. The van der Waals surface area contributed by atoms with Crippen LogP contribution in [0.2, 0.25) is 0 Å². The number of hydrogen-bond donors (Lipinski definition) is 1. The minimum atomic E-state index is -0.137. The van der Waals surface area contributed by atoms with Crippen LogP contribution in [0.15, 0.2) is 36.7 Å². The van der Waals surface area contributed by atoms with E-state index in [9.17, 15) is 4.79 Å². The van der Waals surface area contributed by atoms with Crippen molar-refractivity contribution in [1.82, 2.24) is 15.1 Å². The van der Waals surface area contributed by atoms with Gasteiger partial charge in [-0.1, -0.05) is 31.2 Å². The van der Waals surface area contributed by atoms with Gasteiger partial charge in [0, 0.05) is 19.3 Å². The second-order valence-corrected chi connectivity index (χ2v) is 6.85. The van der Waals surface area contributed by atoms with Crippen molar-refractivity contribution in [1.29, 1.82) is 0 Å². The van der Waals surface area contributed by atoms with E-state index in [1.165, 1.54) is 0 Å². The molecule has 1 N–H and O–H groups in total. The van der Waals surface area contributed by atoms with E-state index in [1.54, 1.807) is 17.1 Å². The molecule has 1 aromatic carbocycles. The summed E-state index contributed by atoms with van der Waals surface area (Å²) in [6.45, 7) is 10.0. The van der Waals surface area contributed by atoms with Gasteiger partial charge in [0.15, 0.2) is 0 Å². The van der Waals surface area contributed by atoms with Gasteiger partial charge in [0.25, 0.3) is 5.91 Å². The first-order valence-electron chi connectivity index (χ1n) is 8.39. The van der Waals surface area contributed by atoms with E-state index in [4.69, 9.17) is 4.74 Å². The zero-order valence-electron chi connectivity index (χ0n) is 15.0. The van der Waals surface area contributed by atoms with Crippen LogP contribution in [0.3, 0.4) is 0 Å². The maximum atomic E-state index is 12.3. The lowest BCUT2D eigenvalue weighted by atomic mass is 10.1. The average molecular weight is 329 g/mol. The molecule has 5 heteroatoms. The standard InChI is InChI=1S/C19H27N3O2/c1-5-10-24-14-16-9-7-6-8-15(16)11-20-18(23)17-12-21-22(13-17)19(2,3)4/h6-9,12-13H,5,10-11,14H2,1-4H3,(H,20,23). The Kier molecular flexibility index (Phi) is 6.15. The maximum absolute atomic E-state index is 12.3. The number of benzene rings is 1. The molecule has 5 nitrogen and oxygen atoms in total. The fourth-order valence-electron chi connectivity index (χ4n) is 2.28. The van der Waals surface area contributed by atoms with Crippen LogP contribution >= 0.6 is 0 Å². The van der Waals surface area contributed by atoms with Gasteiger partial charge in [0.05, 0.1) is 23.9 Å². The Labute approximate surface area is 144 Å². The molecule has 0 aliphatic carbocycles. The van der Waals surface area contributed by atoms with Gasteiger partial charge in [-0.3, -0.25) is 9.48 Å². The molecule has 0 radical (unpaired) electrons. The van der Waals surface area contributed by atoms with Crippen molar-refractivity contribution in [2.24, 2.45) is 0 Å². The zero-order chi connectivity index (χ0) is 17.6. The second-order valence-electron chi connectivity index (χ2n) is 6.85. The van der Waals surface area contributed by atoms with Gasteiger partial charge >= 0.3 is 0 Å². The van der Waals surface area contributed by atoms with E-state index in [0.717, 1.165) is 24.2 Å². The van der Waals surface area contributed by atoms with E-state index in [1.807, 2.05) is 45.0 Å². The van der Waals surface area contributed by atoms with Crippen molar-refractivity contribution >= 4 is 5.91 Å². The number of nitrogens with zero attached hydrogens (tertiary/aromatic N) is 2. The third-order valence-corrected chi connectivity index (χ3v) is 3.70. The van der Waals surface area contributed by atoms with Crippen molar-refractivity contribution in [3.8, 4) is 0 Å². The number of carbonyl (C=O) groups excluding carboxylic acids is 1. The highest BCUT2D eigenvalue weighted by atomic mass is 16.5. The van der Waals surface area contributed by atoms with E-state index in [2.05, 4.69) is 17.3 Å². The third kappa shape index (κ3) is 4.93. The third-order valence-electron chi connectivity index (χ3n) is 3.70. The largest absolute Gasteiger partial charge is 0.377 e. The molecule has 0 aliphatic rings. The number of nitrogens with one attached hydrogen (secondary N) is 1. The molecule has 24 heavy (non-hydrogen) atoms. The highest BCUT2D eigenvalue weighted by Crippen LogP contribution is 2.14. The Hall–Kier alpha value is -2.14. The summed E-state index contributed by atoms with van der Waals surface area (Å²) in [4.78, 5) is 12.3. The molecule has 130 valence electrons. The number of aromatic nitrogens is 2. The van der Waals surface area contributed by atoms with Crippen molar-refractivity contribution in [3.05, 3.63) is 53.3 Å². The molecule has 2 rings (SSSR count). The summed E-state index contributed by atoms with van der Waals surface area (Å²) in [5.74, 6) is -0.116. The quantitative estimate of drug-likeness (QED) is 0.791. The molecule has 0 unspecified atom stereocenters. The van der Waals surface area contributed by atoms with Gasteiger partial charge in [-0.2, -0.15) is 5.10 Å². The molecule has 2 aromatic rings. The van der Waals surface area contributed by atoms with E-state index < -0.39 is 0 Å². The summed E-state index contributed by atoms with van der Waals surface area (Å²) < 4.78 is 7.42. The summed E-state index contributed by atoms with van der Waals surface area (Å²) in [6, 6.07) is 8.02. The number of hydrogen-bond acceptors (Lipinski definition) is 3. The summed E-state index contributed by atoms with van der Waals surface area (Å²) in [5, 5.41) is 7.23. The Morgan fingerprint density at radius 3 is 2.58 bits per heavy atom. The van der Waals surface area contributed by atoms with Crippen LogP contribution in [0.1, 0.15) is 55.6 Å². The number of rotatable bonds is 7. The lowest BCUT2D eigenvalue weighted by Crippen LogP contribution is -2.24. The van der Waals surface area contributed by atoms with Crippen molar-refractivity contribution in [2.75, 3.05) is 6.61 Å². The molecule has 0 fully saturated rings. The maximum Gasteiger partial charge on any atom is 0.254 e. The van der Waals surface area contributed by atoms with Crippen LogP contribution in [0.4, 0.5) is 0 Å². The average Bonchev–Trinajstić information content (AvgIpc) is 3.04. The number of carbonyl (C=O) groups is 1. The fourth-order valence-corrected chi connectivity index (χ4v) is 2.28. The first-order valence-corrected chi connectivity index (χ1v) is 8.39. The molecule has 0 spiro atoms. The van der Waals surface area contributed by atoms with Crippen LogP contribution in [-0.2, 0) is 23.4 Å². The topological polar surface area (TPSA) is 56.1 Å². The highest BCUT2D eigenvalue weighted by Gasteiger charge is 2.16. The van der Waals surface area contributed by atoms with E-state index >= 15 is 0 Å². The molecular weight excluding hydrogens is 302 g/mol. The summed E-state index contributed by atoms with van der Waals surface area (Å²) in [5.41, 5.74) is 2.62. The Balaban J connectivity index is 1.98. The van der Waals surface area contributed by atoms with E-state index in [-0.39, 0.29) is 11.4 Å².